The van der Waals surface area contributed by atoms with Crippen LogP contribution in [0.1, 0.15) is 79.5 Å². The summed E-state index contributed by atoms with van der Waals surface area (Å²) in [7, 11) is 0. The first-order chi connectivity index (χ1) is 27.1. The Morgan fingerprint density at radius 2 is 1.19 bits per heavy atom. The van der Waals surface area contributed by atoms with Crippen molar-refractivity contribution in [2.75, 3.05) is 13.2 Å². The molecule has 4 aromatic rings. The maximum atomic E-state index is 13.8. The zero-order chi connectivity index (χ0) is 40.9. The lowest BCUT2D eigenvalue weighted by Gasteiger charge is -2.33. The van der Waals surface area contributed by atoms with E-state index in [1.54, 1.807) is 14.4 Å². The minimum absolute atomic E-state index is 0.000281. The van der Waals surface area contributed by atoms with Crippen LogP contribution in [0.5, 0.6) is 0 Å². The topological polar surface area (TPSA) is 137 Å². The van der Waals surface area contributed by atoms with Crippen LogP contribution in [0.25, 0.3) is 0 Å². The van der Waals surface area contributed by atoms with Crippen molar-refractivity contribution in [3.63, 3.8) is 0 Å². The molecule has 2 amide bonds. The smallest absolute Gasteiger partial charge is 0.274 e. The van der Waals surface area contributed by atoms with Crippen molar-refractivity contribution in [2.24, 2.45) is 0 Å². The molecular formula is C40H35ClF4N4O8. The van der Waals surface area contributed by atoms with Crippen molar-refractivity contribution < 1.29 is 46.2 Å². The van der Waals surface area contributed by atoms with E-state index in [1.165, 1.54) is 35.2 Å². The summed E-state index contributed by atoms with van der Waals surface area (Å²) >= 11 is 6.18. The summed E-state index contributed by atoms with van der Waals surface area (Å²) in [5.74, 6) is -4.59. The van der Waals surface area contributed by atoms with Gasteiger partial charge in [0.05, 0.1) is 49.5 Å². The molecule has 6 heterocycles. The number of carbonyl (C=O) groups is 4. The second-order valence-electron chi connectivity index (χ2n) is 14.3. The van der Waals surface area contributed by atoms with Crippen LogP contribution < -0.4 is 10.9 Å². The van der Waals surface area contributed by atoms with E-state index in [0.717, 1.165) is 24.3 Å². The number of halogens is 5. The number of ketones is 2. The Labute approximate surface area is 327 Å². The standard InChI is InChI=1S/C20H17ClF2N2O4.C20H18F2N2O4/c1-10-9-29-16-8-24-7-13(19(27)17(21)18(24)20(28)25(10)16)15(26)5-3-11-2-4-12(22)6-14(11)23;1-11-10-28-19-9-23-8-14(18(26)7-16(23)20(27)24(11)19)17(25)5-3-12-2-4-13(21)6-15(12)22/h2,4,6-7,10,16H,3,5,8-9H2,1H3;2,4,6-8,11,19H,3,5,9-10H2,1H3/t10-,16+;11-,19+/m00/s1. The summed E-state index contributed by atoms with van der Waals surface area (Å²) in [6.07, 6.45) is 1.56. The fourth-order valence-electron chi connectivity index (χ4n) is 7.45. The zero-order valence-corrected chi connectivity index (χ0v) is 31.4. The average molecular weight is 811 g/mol. The second kappa shape index (κ2) is 15.8. The van der Waals surface area contributed by atoms with Gasteiger partial charge in [0.2, 0.25) is 5.43 Å². The minimum Gasteiger partial charge on any atom is -0.354 e. The molecule has 2 aromatic heterocycles. The van der Waals surface area contributed by atoms with Crippen LogP contribution in [0.3, 0.4) is 0 Å². The number of Topliss-reactive ketones (excluding diaryl/α,β-unsaturated/α-hetero) is 2. The van der Waals surface area contributed by atoms with Gasteiger partial charge in [0.25, 0.3) is 11.8 Å². The van der Waals surface area contributed by atoms with Gasteiger partial charge in [-0.3, -0.25) is 28.8 Å². The number of aromatic nitrogens is 2. The fourth-order valence-corrected chi connectivity index (χ4v) is 7.74. The van der Waals surface area contributed by atoms with Gasteiger partial charge in [-0.25, -0.2) is 17.6 Å². The molecule has 57 heavy (non-hydrogen) atoms. The first kappa shape index (κ1) is 39.8. The quantitative estimate of drug-likeness (QED) is 0.181. The van der Waals surface area contributed by atoms with Crippen molar-refractivity contribution in [1.82, 2.24) is 18.9 Å². The normalized spacial score (nSPS) is 20.7. The van der Waals surface area contributed by atoms with E-state index in [1.807, 2.05) is 13.8 Å². The highest BCUT2D eigenvalue weighted by atomic mass is 35.5. The Bertz CT molecular complexity index is 2460. The molecule has 0 bridgehead atoms. The Morgan fingerprint density at radius 1 is 0.702 bits per heavy atom. The number of hydrogen-bond donors (Lipinski definition) is 0. The molecule has 0 spiro atoms. The molecule has 4 aliphatic rings. The molecule has 0 unspecified atom stereocenters. The zero-order valence-electron chi connectivity index (χ0n) is 30.6. The van der Waals surface area contributed by atoms with Crippen LogP contribution >= 0.6 is 11.6 Å². The Kier molecular flexibility index (Phi) is 11.0. The lowest BCUT2D eigenvalue weighted by Crippen LogP contribution is -2.49. The number of amides is 2. The Balaban J connectivity index is 0.000000174. The van der Waals surface area contributed by atoms with E-state index in [-0.39, 0.29) is 88.9 Å². The molecule has 8 rings (SSSR count). The molecule has 4 atom stereocenters. The minimum atomic E-state index is -0.754. The summed E-state index contributed by atoms with van der Waals surface area (Å²) in [5.41, 5.74) is -0.884. The third kappa shape index (κ3) is 7.68. The van der Waals surface area contributed by atoms with Crippen LogP contribution in [-0.2, 0) is 35.4 Å². The molecule has 17 heteroatoms. The van der Waals surface area contributed by atoms with Crippen LogP contribution in [0.2, 0.25) is 5.02 Å². The summed E-state index contributed by atoms with van der Waals surface area (Å²) in [5, 5.41) is -0.314. The predicted molar refractivity (Wildman–Crippen MR) is 195 cm³/mol. The van der Waals surface area contributed by atoms with Crippen LogP contribution in [0.15, 0.2) is 64.4 Å². The van der Waals surface area contributed by atoms with E-state index in [9.17, 15) is 46.3 Å². The number of carbonyl (C=O) groups excluding carboxylic acids is 4. The molecule has 2 fully saturated rings. The summed E-state index contributed by atoms with van der Waals surface area (Å²) < 4.78 is 67.7. The number of hydrogen-bond acceptors (Lipinski definition) is 8. The third-order valence-electron chi connectivity index (χ3n) is 10.5. The lowest BCUT2D eigenvalue weighted by atomic mass is 10.0. The van der Waals surface area contributed by atoms with Gasteiger partial charge in [0.15, 0.2) is 29.5 Å². The van der Waals surface area contributed by atoms with E-state index in [2.05, 4.69) is 0 Å². The first-order valence-electron chi connectivity index (χ1n) is 18.1. The number of aryl methyl sites for hydroxylation is 2. The van der Waals surface area contributed by atoms with Gasteiger partial charge in [-0.1, -0.05) is 23.7 Å². The second-order valence-corrected chi connectivity index (χ2v) is 14.7. The first-order valence-corrected chi connectivity index (χ1v) is 18.5. The average Bonchev–Trinajstić information content (AvgIpc) is 3.73. The van der Waals surface area contributed by atoms with Crippen molar-refractivity contribution in [3.05, 3.63) is 137 Å². The van der Waals surface area contributed by atoms with Gasteiger partial charge in [0, 0.05) is 43.4 Å². The SMILES string of the molecule is C[C@H]1CO[C@@H]2Cn3cc(C(=O)CCc4ccc(F)cc4F)c(=O)c(Cl)c3C(=O)N12.C[C@H]1CO[C@@H]2Cn3cc(C(=O)CCc4ccc(F)cc4F)c(=O)cc3C(=O)N12. The molecular weight excluding hydrogens is 776 g/mol. The number of fused-ring (bicyclic) bond motifs is 4. The third-order valence-corrected chi connectivity index (χ3v) is 10.8. The number of ether oxygens (including phenoxy) is 2. The summed E-state index contributed by atoms with van der Waals surface area (Å²) in [6.45, 7) is 5.09. The maximum Gasteiger partial charge on any atom is 0.274 e. The van der Waals surface area contributed by atoms with Crippen LogP contribution in [0.4, 0.5) is 17.6 Å². The van der Waals surface area contributed by atoms with Gasteiger partial charge in [-0.2, -0.15) is 0 Å². The van der Waals surface area contributed by atoms with E-state index in [0.29, 0.717) is 19.8 Å². The van der Waals surface area contributed by atoms with Crippen LogP contribution in [-0.4, -0.2) is 80.1 Å². The highest BCUT2D eigenvalue weighted by Crippen LogP contribution is 2.30. The monoisotopic (exact) mass is 810 g/mol. The van der Waals surface area contributed by atoms with E-state index >= 15 is 0 Å². The molecule has 0 aliphatic carbocycles. The molecule has 2 aromatic carbocycles. The molecule has 0 saturated carbocycles. The van der Waals surface area contributed by atoms with Gasteiger partial charge in [-0.15, -0.1) is 0 Å². The summed E-state index contributed by atoms with van der Waals surface area (Å²) in [6, 6.07) is 7.23. The fraction of sp³-hybridized carbons (Fsp3) is 0.350. The van der Waals surface area contributed by atoms with Crippen molar-refractivity contribution in [2.45, 2.75) is 77.2 Å². The van der Waals surface area contributed by atoms with Gasteiger partial charge in [-0.05, 0) is 49.9 Å². The van der Waals surface area contributed by atoms with Gasteiger partial charge >= 0.3 is 0 Å². The lowest BCUT2D eigenvalue weighted by molar-refractivity contribution is 0.00612. The highest BCUT2D eigenvalue weighted by molar-refractivity contribution is 6.34. The summed E-state index contributed by atoms with van der Waals surface area (Å²) in [4.78, 5) is 78.8. The molecule has 0 N–H and O–H groups in total. The van der Waals surface area contributed by atoms with Crippen molar-refractivity contribution in [3.8, 4) is 0 Å². The maximum absolute atomic E-state index is 13.8. The molecule has 4 aliphatic heterocycles. The largest absolute Gasteiger partial charge is 0.354 e. The Hall–Kier alpha value is -5.45. The van der Waals surface area contributed by atoms with Crippen LogP contribution in [0, 0.1) is 23.3 Å². The van der Waals surface area contributed by atoms with Gasteiger partial charge in [0.1, 0.15) is 39.7 Å². The molecule has 298 valence electrons. The number of nitrogens with zero attached hydrogens (tertiary/aromatic N) is 4. The number of rotatable bonds is 8. The number of pyridine rings is 2. The predicted octanol–water partition coefficient (Wildman–Crippen LogP) is 4.94. The molecule has 0 radical (unpaired) electrons. The molecule has 2 saturated heterocycles. The van der Waals surface area contributed by atoms with Crippen molar-refractivity contribution in [1.29, 1.82) is 0 Å². The van der Waals surface area contributed by atoms with E-state index < -0.39 is 64.1 Å². The highest BCUT2D eigenvalue weighted by Gasteiger charge is 2.43. The Morgan fingerprint density at radius 3 is 1.74 bits per heavy atom. The van der Waals surface area contributed by atoms with Gasteiger partial charge < -0.3 is 28.4 Å². The number of benzene rings is 2. The van der Waals surface area contributed by atoms with E-state index in [4.69, 9.17) is 21.1 Å². The van der Waals surface area contributed by atoms with Crippen molar-refractivity contribution >= 4 is 35.0 Å². The molecule has 12 nitrogen and oxygen atoms in total.